The monoisotopic (exact) mass is 366 g/mol. The standard InChI is InChI=1S/C19H38N6O/c1-3-21-19(22-10-5-16-6-11-24(4-2)12-7-16)23-17-8-13-25(14-9-17)15-18(20)26/h16-17H,3-15H2,1-2H3,(H2,20,26)(H2,21,22,23). The van der Waals surface area contributed by atoms with Gasteiger partial charge < -0.3 is 21.3 Å². The Morgan fingerprint density at radius 1 is 1.08 bits per heavy atom. The van der Waals surface area contributed by atoms with Gasteiger partial charge in [-0.1, -0.05) is 6.92 Å². The van der Waals surface area contributed by atoms with Crippen LogP contribution in [0.1, 0.15) is 46.0 Å². The van der Waals surface area contributed by atoms with Crippen LogP contribution in [0.3, 0.4) is 0 Å². The maximum absolute atomic E-state index is 11.0. The number of hydrogen-bond acceptors (Lipinski definition) is 4. The maximum atomic E-state index is 11.0. The van der Waals surface area contributed by atoms with Crippen molar-refractivity contribution in [3.63, 3.8) is 0 Å². The molecule has 2 heterocycles. The number of rotatable bonds is 8. The van der Waals surface area contributed by atoms with Gasteiger partial charge in [-0.2, -0.15) is 0 Å². The second-order valence-corrected chi connectivity index (χ2v) is 7.59. The summed E-state index contributed by atoms with van der Waals surface area (Å²) in [6.07, 6.45) is 5.85. The Labute approximate surface area is 158 Å². The molecule has 4 N–H and O–H groups in total. The molecule has 2 saturated heterocycles. The highest BCUT2D eigenvalue weighted by Gasteiger charge is 2.21. The van der Waals surface area contributed by atoms with E-state index < -0.39 is 0 Å². The Morgan fingerprint density at radius 3 is 2.31 bits per heavy atom. The quantitative estimate of drug-likeness (QED) is 0.433. The minimum Gasteiger partial charge on any atom is -0.369 e. The Kier molecular flexibility index (Phi) is 9.18. The zero-order valence-corrected chi connectivity index (χ0v) is 16.7. The number of hydrogen-bond donors (Lipinski definition) is 3. The van der Waals surface area contributed by atoms with Gasteiger partial charge in [-0.25, -0.2) is 0 Å². The van der Waals surface area contributed by atoms with Gasteiger partial charge in [-0.05, 0) is 64.6 Å². The van der Waals surface area contributed by atoms with Crippen LogP contribution >= 0.6 is 0 Å². The molecule has 0 spiro atoms. The first-order valence-corrected chi connectivity index (χ1v) is 10.4. The lowest BCUT2D eigenvalue weighted by Crippen LogP contribution is -2.49. The summed E-state index contributed by atoms with van der Waals surface area (Å²) in [5, 5.41) is 6.94. The normalized spacial score (nSPS) is 21.7. The second-order valence-electron chi connectivity index (χ2n) is 7.59. The number of carbonyl (C=O) groups is 1. The Hall–Kier alpha value is -1.34. The Bertz CT molecular complexity index is 439. The molecule has 0 aromatic heterocycles. The van der Waals surface area contributed by atoms with Crippen molar-refractivity contribution in [3.8, 4) is 0 Å². The number of nitrogens with one attached hydrogen (secondary N) is 2. The molecule has 0 aliphatic carbocycles. The Balaban J connectivity index is 1.70. The van der Waals surface area contributed by atoms with Gasteiger partial charge in [-0.15, -0.1) is 0 Å². The van der Waals surface area contributed by atoms with Gasteiger partial charge in [0.2, 0.25) is 5.91 Å². The largest absolute Gasteiger partial charge is 0.369 e. The predicted molar refractivity (Wildman–Crippen MR) is 107 cm³/mol. The SMILES string of the molecule is CCNC(=NCCC1CCN(CC)CC1)NC1CCN(CC(N)=O)CC1. The molecule has 0 bridgehead atoms. The predicted octanol–water partition coefficient (Wildman–Crippen LogP) is 0.613. The molecule has 2 fully saturated rings. The maximum Gasteiger partial charge on any atom is 0.231 e. The molecule has 2 aliphatic heterocycles. The van der Waals surface area contributed by atoms with E-state index in [1.807, 2.05) is 0 Å². The fraction of sp³-hybridized carbons (Fsp3) is 0.895. The fourth-order valence-corrected chi connectivity index (χ4v) is 3.92. The Morgan fingerprint density at radius 2 is 1.73 bits per heavy atom. The molecule has 1 amide bonds. The van der Waals surface area contributed by atoms with Crippen LogP contribution in [0.4, 0.5) is 0 Å². The van der Waals surface area contributed by atoms with Crippen molar-refractivity contribution in [2.75, 3.05) is 52.4 Å². The lowest BCUT2D eigenvalue weighted by Gasteiger charge is -2.32. The number of aliphatic imine (C=N–C) groups is 1. The highest BCUT2D eigenvalue weighted by molar-refractivity contribution is 5.80. The number of likely N-dealkylation sites (tertiary alicyclic amines) is 2. The first kappa shape index (κ1) is 21.0. The number of amides is 1. The fourth-order valence-electron chi connectivity index (χ4n) is 3.92. The van der Waals surface area contributed by atoms with Crippen LogP contribution in [0, 0.1) is 5.92 Å². The van der Waals surface area contributed by atoms with Crippen molar-refractivity contribution in [1.29, 1.82) is 0 Å². The van der Waals surface area contributed by atoms with Crippen molar-refractivity contribution < 1.29 is 4.79 Å². The van der Waals surface area contributed by atoms with Crippen molar-refractivity contribution in [1.82, 2.24) is 20.4 Å². The van der Waals surface area contributed by atoms with Gasteiger partial charge in [0, 0.05) is 32.2 Å². The summed E-state index contributed by atoms with van der Waals surface area (Å²) < 4.78 is 0. The van der Waals surface area contributed by atoms with Crippen molar-refractivity contribution >= 4 is 11.9 Å². The third kappa shape index (κ3) is 7.50. The molecule has 2 aliphatic rings. The van der Waals surface area contributed by atoms with Gasteiger partial charge in [0.1, 0.15) is 0 Å². The number of primary amides is 1. The summed E-state index contributed by atoms with van der Waals surface area (Å²) in [4.78, 5) is 20.5. The summed E-state index contributed by atoms with van der Waals surface area (Å²) in [6.45, 7) is 12.0. The van der Waals surface area contributed by atoms with Gasteiger partial charge in [0.25, 0.3) is 0 Å². The first-order chi connectivity index (χ1) is 12.6. The van der Waals surface area contributed by atoms with Crippen LogP contribution in [0.25, 0.3) is 0 Å². The summed E-state index contributed by atoms with van der Waals surface area (Å²) in [6, 6.07) is 0.421. The van der Waals surface area contributed by atoms with Crippen molar-refractivity contribution in [3.05, 3.63) is 0 Å². The third-order valence-electron chi connectivity index (χ3n) is 5.61. The van der Waals surface area contributed by atoms with E-state index in [2.05, 4.69) is 34.3 Å². The number of piperidine rings is 2. The molecule has 7 heteroatoms. The van der Waals surface area contributed by atoms with Gasteiger partial charge in [0.15, 0.2) is 5.96 Å². The van der Waals surface area contributed by atoms with Crippen molar-refractivity contribution in [2.45, 2.75) is 52.0 Å². The molecule has 0 radical (unpaired) electrons. The average Bonchev–Trinajstić information content (AvgIpc) is 2.63. The topological polar surface area (TPSA) is 86.0 Å². The van der Waals surface area contributed by atoms with E-state index in [0.717, 1.165) is 50.9 Å². The average molecular weight is 367 g/mol. The molecule has 0 saturated carbocycles. The number of guanidine groups is 1. The van der Waals surface area contributed by atoms with Crippen LogP contribution in [0.5, 0.6) is 0 Å². The molecule has 150 valence electrons. The van der Waals surface area contributed by atoms with E-state index in [9.17, 15) is 4.79 Å². The summed E-state index contributed by atoms with van der Waals surface area (Å²) >= 11 is 0. The summed E-state index contributed by atoms with van der Waals surface area (Å²) in [7, 11) is 0. The van der Waals surface area contributed by atoms with Gasteiger partial charge in [0.05, 0.1) is 6.54 Å². The molecular weight excluding hydrogens is 328 g/mol. The molecule has 2 rings (SSSR count). The van der Waals surface area contributed by atoms with Gasteiger partial charge >= 0.3 is 0 Å². The van der Waals surface area contributed by atoms with Crippen LogP contribution in [0.15, 0.2) is 4.99 Å². The van der Waals surface area contributed by atoms with Crippen LogP contribution in [-0.2, 0) is 4.79 Å². The molecule has 7 nitrogen and oxygen atoms in total. The minimum atomic E-state index is -0.240. The molecule has 0 unspecified atom stereocenters. The third-order valence-corrected chi connectivity index (χ3v) is 5.61. The van der Waals surface area contributed by atoms with E-state index in [-0.39, 0.29) is 5.91 Å². The van der Waals surface area contributed by atoms with Crippen LogP contribution in [-0.4, -0.2) is 80.1 Å². The van der Waals surface area contributed by atoms with Crippen molar-refractivity contribution in [2.24, 2.45) is 16.6 Å². The summed E-state index contributed by atoms with van der Waals surface area (Å²) in [5.41, 5.74) is 5.28. The lowest BCUT2D eigenvalue weighted by atomic mass is 9.94. The smallest absolute Gasteiger partial charge is 0.231 e. The highest BCUT2D eigenvalue weighted by atomic mass is 16.1. The number of carbonyl (C=O) groups excluding carboxylic acids is 1. The van der Waals surface area contributed by atoms with E-state index in [1.54, 1.807) is 0 Å². The molecule has 0 aromatic rings. The molecule has 26 heavy (non-hydrogen) atoms. The molecule has 0 atom stereocenters. The highest BCUT2D eigenvalue weighted by Crippen LogP contribution is 2.20. The second kappa shape index (κ2) is 11.4. The lowest BCUT2D eigenvalue weighted by molar-refractivity contribution is -0.119. The van der Waals surface area contributed by atoms with E-state index in [0.29, 0.717) is 12.6 Å². The minimum absolute atomic E-state index is 0.240. The van der Waals surface area contributed by atoms with Gasteiger partial charge in [-0.3, -0.25) is 14.7 Å². The number of nitrogens with zero attached hydrogens (tertiary/aromatic N) is 3. The first-order valence-electron chi connectivity index (χ1n) is 10.4. The molecule has 0 aromatic carbocycles. The van der Waals surface area contributed by atoms with E-state index in [4.69, 9.17) is 10.7 Å². The van der Waals surface area contributed by atoms with E-state index >= 15 is 0 Å². The zero-order chi connectivity index (χ0) is 18.8. The van der Waals surface area contributed by atoms with E-state index in [1.165, 1.54) is 38.9 Å². The number of nitrogens with two attached hydrogens (primary N) is 1. The summed E-state index contributed by atoms with van der Waals surface area (Å²) in [5.74, 6) is 1.52. The molecular formula is C19H38N6O. The van der Waals surface area contributed by atoms with Crippen LogP contribution < -0.4 is 16.4 Å². The zero-order valence-electron chi connectivity index (χ0n) is 16.7. The van der Waals surface area contributed by atoms with Crippen LogP contribution in [0.2, 0.25) is 0 Å².